The van der Waals surface area contributed by atoms with Crippen LogP contribution in [-0.4, -0.2) is 23.2 Å². The summed E-state index contributed by atoms with van der Waals surface area (Å²) in [4.78, 5) is 5.54. The van der Waals surface area contributed by atoms with E-state index in [1.807, 2.05) is 24.3 Å². The van der Waals surface area contributed by atoms with Gasteiger partial charge in [-0.05, 0) is 31.5 Å². The van der Waals surface area contributed by atoms with Gasteiger partial charge in [0.15, 0.2) is 5.82 Å². The van der Waals surface area contributed by atoms with E-state index in [0.717, 1.165) is 47.6 Å². The van der Waals surface area contributed by atoms with Crippen LogP contribution in [0, 0.1) is 0 Å². The third-order valence-electron chi connectivity index (χ3n) is 3.32. The van der Waals surface area contributed by atoms with Crippen molar-refractivity contribution >= 4 is 23.4 Å². The monoisotopic (exact) mass is 309 g/mol. The van der Waals surface area contributed by atoms with Gasteiger partial charge in [-0.2, -0.15) is 4.98 Å². The molecule has 2 heterocycles. The lowest BCUT2D eigenvalue weighted by atomic mass is 10.00. The fraction of sp³-hybridized carbons (Fsp3) is 0.429. The van der Waals surface area contributed by atoms with Crippen LogP contribution in [0.1, 0.15) is 30.5 Å². The molecule has 1 aliphatic rings. The molecule has 0 spiro atoms. The Labute approximate surface area is 127 Å². The zero-order valence-electron chi connectivity index (χ0n) is 11.0. The molecule has 1 fully saturated rings. The van der Waals surface area contributed by atoms with Crippen LogP contribution in [0.4, 0.5) is 0 Å². The molecule has 1 N–H and O–H groups in total. The molecule has 20 heavy (non-hydrogen) atoms. The van der Waals surface area contributed by atoms with Gasteiger partial charge in [-0.3, -0.25) is 0 Å². The third-order valence-corrected chi connectivity index (χ3v) is 4.83. The molecular weight excluding hydrogens is 294 g/mol. The lowest BCUT2D eigenvalue weighted by molar-refractivity contribution is 0.320. The second kappa shape index (κ2) is 6.61. The maximum absolute atomic E-state index is 6.12. The van der Waals surface area contributed by atoms with Crippen molar-refractivity contribution < 1.29 is 4.52 Å². The van der Waals surface area contributed by atoms with Gasteiger partial charge in [-0.15, -0.1) is 11.8 Å². The van der Waals surface area contributed by atoms with Crippen molar-refractivity contribution in [3.63, 3.8) is 0 Å². The molecule has 1 saturated heterocycles. The summed E-state index contributed by atoms with van der Waals surface area (Å²) < 4.78 is 5.38. The molecule has 0 bridgehead atoms. The van der Waals surface area contributed by atoms with E-state index in [2.05, 4.69) is 15.5 Å². The number of thioether (sulfide) groups is 1. The van der Waals surface area contributed by atoms with Crippen LogP contribution in [-0.2, 0) is 5.75 Å². The van der Waals surface area contributed by atoms with Crippen LogP contribution in [0.2, 0.25) is 5.02 Å². The minimum Gasteiger partial charge on any atom is -0.339 e. The summed E-state index contributed by atoms with van der Waals surface area (Å²) >= 11 is 7.75. The molecule has 0 saturated carbocycles. The van der Waals surface area contributed by atoms with Crippen LogP contribution in [0.15, 0.2) is 33.7 Å². The first-order valence-electron chi connectivity index (χ1n) is 6.73. The number of piperidine rings is 1. The van der Waals surface area contributed by atoms with Crippen molar-refractivity contribution in [3.8, 4) is 0 Å². The van der Waals surface area contributed by atoms with Gasteiger partial charge >= 0.3 is 0 Å². The molecule has 1 aliphatic heterocycles. The lowest BCUT2D eigenvalue weighted by Crippen LogP contribution is -2.28. The number of nitrogens with zero attached hydrogens (tertiary/aromatic N) is 2. The average Bonchev–Trinajstić information content (AvgIpc) is 2.96. The van der Waals surface area contributed by atoms with Crippen molar-refractivity contribution in [2.75, 3.05) is 13.1 Å². The van der Waals surface area contributed by atoms with Gasteiger partial charge in [0.25, 0.3) is 0 Å². The van der Waals surface area contributed by atoms with E-state index in [0.29, 0.717) is 11.7 Å². The summed E-state index contributed by atoms with van der Waals surface area (Å²) in [5.74, 6) is 2.52. The highest BCUT2D eigenvalue weighted by Gasteiger charge is 2.21. The zero-order chi connectivity index (χ0) is 13.8. The van der Waals surface area contributed by atoms with E-state index in [1.165, 1.54) is 0 Å². The predicted octanol–water partition coefficient (Wildman–Crippen LogP) is 3.48. The van der Waals surface area contributed by atoms with Gasteiger partial charge in [0.05, 0.1) is 16.7 Å². The highest BCUT2D eigenvalue weighted by Crippen LogP contribution is 2.29. The number of halogens is 1. The maximum atomic E-state index is 6.12. The van der Waals surface area contributed by atoms with Crippen molar-refractivity contribution in [3.05, 3.63) is 41.0 Å². The molecular formula is C14H16ClN3OS. The fourth-order valence-electron chi connectivity index (χ4n) is 2.26. The lowest BCUT2D eigenvalue weighted by Gasteiger charge is -2.18. The highest BCUT2D eigenvalue weighted by atomic mass is 35.5. The summed E-state index contributed by atoms with van der Waals surface area (Å²) in [5.41, 5.74) is 0. The summed E-state index contributed by atoms with van der Waals surface area (Å²) in [5, 5.41) is 8.18. The Bertz CT molecular complexity index is 569. The summed E-state index contributed by atoms with van der Waals surface area (Å²) in [7, 11) is 0. The second-order valence-electron chi connectivity index (χ2n) is 4.81. The van der Waals surface area contributed by atoms with Crippen molar-refractivity contribution in [2.24, 2.45) is 0 Å². The number of hydrogen-bond acceptors (Lipinski definition) is 5. The van der Waals surface area contributed by atoms with E-state index in [4.69, 9.17) is 16.1 Å². The van der Waals surface area contributed by atoms with Gasteiger partial charge in [0.2, 0.25) is 5.89 Å². The van der Waals surface area contributed by atoms with Crippen LogP contribution in [0.25, 0.3) is 0 Å². The summed E-state index contributed by atoms with van der Waals surface area (Å²) in [6.07, 6.45) is 2.28. The average molecular weight is 310 g/mol. The summed E-state index contributed by atoms with van der Waals surface area (Å²) in [6.45, 7) is 2.01. The second-order valence-corrected chi connectivity index (χ2v) is 6.24. The standard InChI is InChI=1S/C14H16ClN3OS/c15-11-5-1-2-6-12(11)20-9-13-17-14(19-18-13)10-4-3-7-16-8-10/h1-2,5-6,10,16H,3-4,7-9H2/t10-/m1/s1. The van der Waals surface area contributed by atoms with E-state index >= 15 is 0 Å². The predicted molar refractivity (Wildman–Crippen MR) is 80.2 cm³/mol. The Hall–Kier alpha value is -1.04. The van der Waals surface area contributed by atoms with Crippen LogP contribution < -0.4 is 5.32 Å². The first kappa shape index (κ1) is 13.9. The van der Waals surface area contributed by atoms with E-state index in [-0.39, 0.29) is 0 Å². The number of benzene rings is 1. The van der Waals surface area contributed by atoms with Crippen molar-refractivity contribution in [2.45, 2.75) is 29.4 Å². The Balaban J connectivity index is 1.61. The molecule has 0 radical (unpaired) electrons. The molecule has 4 nitrogen and oxygen atoms in total. The Morgan fingerprint density at radius 1 is 1.40 bits per heavy atom. The molecule has 6 heteroatoms. The largest absolute Gasteiger partial charge is 0.339 e. The molecule has 106 valence electrons. The molecule has 1 atom stereocenters. The minimum atomic E-state index is 0.357. The number of aromatic nitrogens is 2. The van der Waals surface area contributed by atoms with E-state index in [9.17, 15) is 0 Å². The van der Waals surface area contributed by atoms with Gasteiger partial charge < -0.3 is 9.84 Å². The van der Waals surface area contributed by atoms with Crippen molar-refractivity contribution in [1.29, 1.82) is 0 Å². The Kier molecular flexibility index (Phi) is 4.60. The molecule has 3 rings (SSSR count). The third kappa shape index (κ3) is 3.34. The van der Waals surface area contributed by atoms with Gasteiger partial charge in [-0.1, -0.05) is 28.9 Å². The highest BCUT2D eigenvalue weighted by molar-refractivity contribution is 7.98. The SMILES string of the molecule is Clc1ccccc1SCc1noc([C@@H]2CCCNC2)n1. The Morgan fingerprint density at radius 3 is 3.10 bits per heavy atom. The van der Waals surface area contributed by atoms with E-state index in [1.54, 1.807) is 11.8 Å². The maximum Gasteiger partial charge on any atom is 0.231 e. The van der Waals surface area contributed by atoms with Crippen LogP contribution in [0.5, 0.6) is 0 Å². The van der Waals surface area contributed by atoms with Gasteiger partial charge in [-0.25, -0.2) is 0 Å². The normalized spacial score (nSPS) is 19.1. The van der Waals surface area contributed by atoms with Gasteiger partial charge in [0, 0.05) is 11.4 Å². The topological polar surface area (TPSA) is 51.0 Å². The molecule has 0 aliphatic carbocycles. The van der Waals surface area contributed by atoms with Crippen LogP contribution in [0.3, 0.4) is 0 Å². The fourth-order valence-corrected chi connectivity index (χ4v) is 3.34. The number of rotatable bonds is 4. The first-order chi connectivity index (χ1) is 9.83. The smallest absolute Gasteiger partial charge is 0.231 e. The quantitative estimate of drug-likeness (QED) is 0.876. The minimum absolute atomic E-state index is 0.357. The van der Waals surface area contributed by atoms with Crippen molar-refractivity contribution in [1.82, 2.24) is 15.5 Å². The molecule has 1 aromatic heterocycles. The molecule has 0 amide bonds. The first-order valence-corrected chi connectivity index (χ1v) is 8.10. The zero-order valence-corrected chi connectivity index (χ0v) is 12.6. The molecule has 0 unspecified atom stereocenters. The van der Waals surface area contributed by atoms with Gasteiger partial charge in [0.1, 0.15) is 0 Å². The number of hydrogen-bond donors (Lipinski definition) is 1. The van der Waals surface area contributed by atoms with E-state index < -0.39 is 0 Å². The van der Waals surface area contributed by atoms with Crippen LogP contribution >= 0.6 is 23.4 Å². The summed E-state index contributed by atoms with van der Waals surface area (Å²) in [6, 6.07) is 7.79. The molecule has 2 aromatic rings. The number of nitrogens with one attached hydrogen (secondary N) is 1. The molecule has 1 aromatic carbocycles. The Morgan fingerprint density at radius 2 is 2.30 bits per heavy atom.